The van der Waals surface area contributed by atoms with Gasteiger partial charge in [0.1, 0.15) is 5.75 Å². The first-order chi connectivity index (χ1) is 11.7. The van der Waals surface area contributed by atoms with Crippen molar-refractivity contribution < 1.29 is 17.9 Å². The molecular weight excluding hydrogens is 340 g/mol. The van der Waals surface area contributed by atoms with Crippen molar-refractivity contribution in [2.24, 2.45) is 0 Å². The van der Waals surface area contributed by atoms with Gasteiger partial charge in [-0.15, -0.1) is 0 Å². The van der Waals surface area contributed by atoms with E-state index >= 15 is 0 Å². The molecule has 0 bridgehead atoms. The van der Waals surface area contributed by atoms with Gasteiger partial charge in [-0.1, -0.05) is 18.2 Å². The quantitative estimate of drug-likeness (QED) is 0.857. The second-order valence-electron chi connectivity index (χ2n) is 5.71. The maximum Gasteiger partial charge on any atom is 0.251 e. The van der Waals surface area contributed by atoms with E-state index in [0.717, 1.165) is 16.1 Å². The zero-order valence-corrected chi connectivity index (χ0v) is 15.5. The maximum absolute atomic E-state index is 12.4. The van der Waals surface area contributed by atoms with Crippen LogP contribution in [0.5, 0.6) is 5.75 Å². The molecule has 0 saturated heterocycles. The number of nitrogens with zero attached hydrogens (tertiary/aromatic N) is 1. The molecular formula is C18H22N2O4S. The van der Waals surface area contributed by atoms with E-state index in [1.165, 1.54) is 7.05 Å². The molecule has 7 heteroatoms. The number of sulfonamides is 1. The summed E-state index contributed by atoms with van der Waals surface area (Å²) in [6.07, 6.45) is 1.13. The van der Waals surface area contributed by atoms with Crippen LogP contribution in [0.25, 0.3) is 0 Å². The summed E-state index contributed by atoms with van der Waals surface area (Å²) in [5.74, 6) is 0.465. The van der Waals surface area contributed by atoms with Crippen LogP contribution in [-0.4, -0.2) is 34.7 Å². The van der Waals surface area contributed by atoms with Crippen molar-refractivity contribution in [1.82, 2.24) is 5.32 Å². The Balaban J connectivity index is 2.13. The number of anilines is 1. The fourth-order valence-corrected chi connectivity index (χ4v) is 2.90. The Kier molecular flexibility index (Phi) is 5.69. The molecule has 0 heterocycles. The first-order valence-corrected chi connectivity index (χ1v) is 9.56. The standard InChI is InChI=1S/C18H22N2O4S/c1-13(16-7-5-6-8-17(16)24-3)19-18(21)14-9-11-15(12-10-14)20(2)25(4,22)23/h5-13H,1-4H3,(H,19,21)/t13-/m1/s1. The van der Waals surface area contributed by atoms with Crippen molar-refractivity contribution in [2.75, 3.05) is 24.7 Å². The third-order valence-corrected chi connectivity index (χ3v) is 5.15. The van der Waals surface area contributed by atoms with Crippen LogP contribution in [0.15, 0.2) is 48.5 Å². The van der Waals surface area contributed by atoms with Crippen molar-refractivity contribution in [2.45, 2.75) is 13.0 Å². The Morgan fingerprint density at radius 3 is 2.28 bits per heavy atom. The van der Waals surface area contributed by atoms with Crippen LogP contribution in [0.4, 0.5) is 5.69 Å². The monoisotopic (exact) mass is 362 g/mol. The summed E-state index contributed by atoms with van der Waals surface area (Å²) in [4.78, 5) is 12.4. The van der Waals surface area contributed by atoms with Gasteiger partial charge in [-0.2, -0.15) is 0 Å². The molecule has 1 N–H and O–H groups in total. The van der Waals surface area contributed by atoms with Crippen molar-refractivity contribution in [3.8, 4) is 5.75 Å². The van der Waals surface area contributed by atoms with Crippen LogP contribution in [0.2, 0.25) is 0 Å². The zero-order valence-electron chi connectivity index (χ0n) is 14.7. The molecule has 2 aromatic carbocycles. The lowest BCUT2D eigenvalue weighted by atomic mass is 10.1. The molecule has 2 aromatic rings. The van der Waals surface area contributed by atoms with Gasteiger partial charge >= 0.3 is 0 Å². The molecule has 134 valence electrons. The summed E-state index contributed by atoms with van der Waals surface area (Å²) in [5.41, 5.74) is 1.83. The van der Waals surface area contributed by atoms with Gasteiger partial charge in [0.15, 0.2) is 0 Å². The molecule has 0 aliphatic heterocycles. The largest absolute Gasteiger partial charge is 0.496 e. The second-order valence-corrected chi connectivity index (χ2v) is 7.73. The van der Waals surface area contributed by atoms with Gasteiger partial charge in [0.2, 0.25) is 10.0 Å². The highest BCUT2D eigenvalue weighted by atomic mass is 32.2. The molecule has 6 nitrogen and oxygen atoms in total. The van der Waals surface area contributed by atoms with Crippen molar-refractivity contribution >= 4 is 21.6 Å². The fourth-order valence-electron chi connectivity index (χ4n) is 2.40. The smallest absolute Gasteiger partial charge is 0.251 e. The van der Waals surface area contributed by atoms with E-state index in [0.29, 0.717) is 17.0 Å². The minimum absolute atomic E-state index is 0.234. The fraction of sp³-hybridized carbons (Fsp3) is 0.278. The Morgan fingerprint density at radius 1 is 1.12 bits per heavy atom. The number of hydrogen-bond donors (Lipinski definition) is 1. The van der Waals surface area contributed by atoms with E-state index in [9.17, 15) is 13.2 Å². The van der Waals surface area contributed by atoms with Gasteiger partial charge in [0.05, 0.1) is 25.1 Å². The number of amides is 1. The van der Waals surface area contributed by atoms with Crippen molar-refractivity contribution in [3.63, 3.8) is 0 Å². The minimum atomic E-state index is -3.33. The highest BCUT2D eigenvalue weighted by Gasteiger charge is 2.16. The van der Waals surface area contributed by atoms with E-state index in [4.69, 9.17) is 4.74 Å². The summed E-state index contributed by atoms with van der Waals surface area (Å²) < 4.78 is 29.6. The predicted octanol–water partition coefficient (Wildman–Crippen LogP) is 2.58. The average molecular weight is 362 g/mol. The predicted molar refractivity (Wildman–Crippen MR) is 98.6 cm³/mol. The molecule has 0 spiro atoms. The molecule has 1 amide bonds. The number of hydrogen-bond acceptors (Lipinski definition) is 4. The Labute approximate surface area is 148 Å². The third kappa shape index (κ3) is 4.51. The molecule has 25 heavy (non-hydrogen) atoms. The zero-order chi connectivity index (χ0) is 18.6. The number of nitrogens with one attached hydrogen (secondary N) is 1. The van der Waals surface area contributed by atoms with Gasteiger partial charge in [-0.05, 0) is 37.3 Å². The molecule has 0 aromatic heterocycles. The maximum atomic E-state index is 12.4. The van der Waals surface area contributed by atoms with Gasteiger partial charge in [0.25, 0.3) is 5.91 Å². The molecule has 0 aliphatic rings. The number of carbonyl (C=O) groups is 1. The average Bonchev–Trinajstić information content (AvgIpc) is 2.60. The highest BCUT2D eigenvalue weighted by Crippen LogP contribution is 2.24. The van der Waals surface area contributed by atoms with E-state index in [-0.39, 0.29) is 11.9 Å². The molecule has 0 saturated carbocycles. The van der Waals surface area contributed by atoms with Crippen LogP contribution < -0.4 is 14.4 Å². The van der Waals surface area contributed by atoms with Gasteiger partial charge in [0, 0.05) is 18.2 Å². The Bertz CT molecular complexity index is 848. The van der Waals surface area contributed by atoms with Crippen LogP contribution in [0.1, 0.15) is 28.9 Å². The van der Waals surface area contributed by atoms with Crippen LogP contribution in [0.3, 0.4) is 0 Å². The lowest BCUT2D eigenvalue weighted by Crippen LogP contribution is -2.27. The van der Waals surface area contributed by atoms with E-state index in [2.05, 4.69) is 5.32 Å². The summed E-state index contributed by atoms with van der Waals surface area (Å²) in [7, 11) is -0.279. The molecule has 0 fully saturated rings. The number of carbonyl (C=O) groups excluding carboxylic acids is 1. The third-order valence-electron chi connectivity index (χ3n) is 3.94. The van der Waals surface area contributed by atoms with E-state index in [1.54, 1.807) is 31.4 Å². The van der Waals surface area contributed by atoms with Gasteiger partial charge in [-0.25, -0.2) is 8.42 Å². The second kappa shape index (κ2) is 7.57. The number of ether oxygens (including phenoxy) is 1. The molecule has 0 unspecified atom stereocenters. The number of benzene rings is 2. The number of methoxy groups -OCH3 is 1. The Morgan fingerprint density at radius 2 is 1.72 bits per heavy atom. The highest BCUT2D eigenvalue weighted by molar-refractivity contribution is 7.92. The summed E-state index contributed by atoms with van der Waals surface area (Å²) in [6.45, 7) is 1.88. The molecule has 0 aliphatic carbocycles. The van der Waals surface area contributed by atoms with E-state index < -0.39 is 10.0 Å². The first kappa shape index (κ1) is 18.8. The summed E-state index contributed by atoms with van der Waals surface area (Å²) >= 11 is 0. The molecule has 1 atom stereocenters. The van der Waals surface area contributed by atoms with Gasteiger partial charge < -0.3 is 10.1 Å². The summed E-state index contributed by atoms with van der Waals surface area (Å²) in [6, 6.07) is 13.7. The van der Waals surface area contributed by atoms with Gasteiger partial charge in [-0.3, -0.25) is 9.10 Å². The van der Waals surface area contributed by atoms with Crippen LogP contribution in [-0.2, 0) is 10.0 Å². The Hall–Kier alpha value is -2.54. The molecule has 0 radical (unpaired) electrons. The van der Waals surface area contributed by atoms with Crippen molar-refractivity contribution in [1.29, 1.82) is 0 Å². The summed E-state index contributed by atoms with van der Waals surface area (Å²) in [5, 5.41) is 2.92. The normalized spacial score (nSPS) is 12.3. The van der Waals surface area contributed by atoms with Crippen LogP contribution >= 0.6 is 0 Å². The van der Waals surface area contributed by atoms with E-state index in [1.807, 2.05) is 31.2 Å². The number of rotatable bonds is 6. The minimum Gasteiger partial charge on any atom is -0.496 e. The molecule has 2 rings (SSSR count). The lowest BCUT2D eigenvalue weighted by Gasteiger charge is -2.18. The van der Waals surface area contributed by atoms with Crippen LogP contribution in [0, 0.1) is 0 Å². The first-order valence-electron chi connectivity index (χ1n) is 7.71. The number of para-hydroxylation sites is 1. The lowest BCUT2D eigenvalue weighted by molar-refractivity contribution is 0.0939. The topological polar surface area (TPSA) is 75.7 Å². The van der Waals surface area contributed by atoms with Crippen molar-refractivity contribution in [3.05, 3.63) is 59.7 Å². The SMILES string of the molecule is COc1ccccc1[C@@H](C)NC(=O)c1ccc(N(C)S(C)(=O)=O)cc1.